The Balaban J connectivity index is 2.13. The van der Waals surface area contributed by atoms with E-state index in [0.29, 0.717) is 11.6 Å². The summed E-state index contributed by atoms with van der Waals surface area (Å²) < 4.78 is 26.3. The number of nitrogens with one attached hydrogen (secondary N) is 1. The van der Waals surface area contributed by atoms with Gasteiger partial charge in [0.15, 0.2) is 0 Å². The molecule has 7 nitrogen and oxygen atoms in total. The third-order valence-corrected chi connectivity index (χ3v) is 3.36. The van der Waals surface area contributed by atoms with Crippen LogP contribution in [0.5, 0.6) is 0 Å². The molecule has 1 atom stereocenters. The first-order valence-electron chi connectivity index (χ1n) is 7.06. The molecule has 25 heavy (non-hydrogen) atoms. The summed E-state index contributed by atoms with van der Waals surface area (Å²) >= 11 is 0. The molecule has 0 saturated carbocycles. The van der Waals surface area contributed by atoms with Crippen LogP contribution in [0.2, 0.25) is 0 Å². The van der Waals surface area contributed by atoms with Crippen molar-refractivity contribution >= 4 is 17.5 Å². The molecule has 0 spiro atoms. The minimum absolute atomic E-state index is 0.0309. The van der Waals surface area contributed by atoms with Crippen molar-refractivity contribution in [3.63, 3.8) is 0 Å². The predicted octanol–water partition coefficient (Wildman–Crippen LogP) is 1.70. The van der Waals surface area contributed by atoms with Crippen LogP contribution in [0.3, 0.4) is 0 Å². The van der Waals surface area contributed by atoms with Crippen LogP contribution in [0.25, 0.3) is 0 Å². The minimum atomic E-state index is -1.15. The first kappa shape index (κ1) is 18.0. The van der Waals surface area contributed by atoms with Gasteiger partial charge >= 0.3 is 0 Å². The monoisotopic (exact) mass is 349 g/mol. The molecule has 3 N–H and O–H groups in total. The highest BCUT2D eigenvalue weighted by Gasteiger charge is 2.20. The summed E-state index contributed by atoms with van der Waals surface area (Å²) in [6.45, 7) is 0. The van der Waals surface area contributed by atoms with Crippen molar-refractivity contribution in [1.82, 2.24) is 5.32 Å². The average Bonchev–Trinajstić information content (AvgIpc) is 2.53. The van der Waals surface area contributed by atoms with E-state index in [1.807, 2.05) is 0 Å². The van der Waals surface area contributed by atoms with Crippen molar-refractivity contribution in [2.45, 2.75) is 12.5 Å². The zero-order chi connectivity index (χ0) is 18.6. The van der Waals surface area contributed by atoms with Crippen LogP contribution in [-0.2, 0) is 11.2 Å². The summed E-state index contributed by atoms with van der Waals surface area (Å²) in [5.74, 6) is -3.60. The van der Waals surface area contributed by atoms with Gasteiger partial charge in [0.1, 0.15) is 17.7 Å². The number of nitrogens with two attached hydrogens (primary N) is 1. The summed E-state index contributed by atoms with van der Waals surface area (Å²) in [5.41, 5.74) is 5.33. The Labute approximate surface area is 140 Å². The van der Waals surface area contributed by atoms with E-state index in [4.69, 9.17) is 5.73 Å². The molecular weight excluding hydrogens is 336 g/mol. The lowest BCUT2D eigenvalue weighted by atomic mass is 10.0. The van der Waals surface area contributed by atoms with Gasteiger partial charge in [0.2, 0.25) is 5.91 Å². The van der Waals surface area contributed by atoms with Crippen LogP contribution in [0, 0.1) is 21.7 Å². The number of benzene rings is 2. The summed E-state index contributed by atoms with van der Waals surface area (Å²) in [5, 5.41) is 12.9. The normalized spacial score (nSPS) is 11.6. The van der Waals surface area contributed by atoms with Crippen molar-refractivity contribution in [3.8, 4) is 0 Å². The van der Waals surface area contributed by atoms with Crippen molar-refractivity contribution in [2.24, 2.45) is 5.73 Å². The van der Waals surface area contributed by atoms with Crippen molar-refractivity contribution in [2.75, 3.05) is 0 Å². The van der Waals surface area contributed by atoms with Gasteiger partial charge in [0.25, 0.3) is 11.6 Å². The Kier molecular flexibility index (Phi) is 5.38. The maximum atomic E-state index is 13.2. The molecule has 0 unspecified atom stereocenters. The molecule has 0 fully saturated rings. The van der Waals surface area contributed by atoms with Gasteiger partial charge in [-0.1, -0.05) is 12.1 Å². The van der Waals surface area contributed by atoms with Crippen LogP contribution in [0.4, 0.5) is 14.5 Å². The Morgan fingerprint density at radius 3 is 2.16 bits per heavy atom. The number of amides is 2. The summed E-state index contributed by atoms with van der Waals surface area (Å²) in [7, 11) is 0. The highest BCUT2D eigenvalue weighted by Crippen LogP contribution is 2.14. The molecule has 0 aromatic heterocycles. The average molecular weight is 349 g/mol. The number of nitro groups is 1. The smallest absolute Gasteiger partial charge is 0.269 e. The van der Waals surface area contributed by atoms with Crippen molar-refractivity contribution < 1.29 is 23.3 Å². The summed E-state index contributed by atoms with van der Waals surface area (Å²) in [4.78, 5) is 33.6. The van der Waals surface area contributed by atoms with Gasteiger partial charge in [-0.15, -0.1) is 0 Å². The molecule has 130 valence electrons. The molecular formula is C16H13F2N3O4. The third kappa shape index (κ3) is 4.80. The molecule has 0 aliphatic heterocycles. The van der Waals surface area contributed by atoms with E-state index in [2.05, 4.69) is 5.32 Å². The molecule has 0 radical (unpaired) electrons. The number of carbonyl (C=O) groups is 2. The molecule has 2 aromatic rings. The van der Waals surface area contributed by atoms with E-state index in [0.717, 1.165) is 12.1 Å². The Hall–Kier alpha value is -3.36. The lowest BCUT2D eigenvalue weighted by Gasteiger charge is -2.15. The van der Waals surface area contributed by atoms with E-state index < -0.39 is 34.4 Å². The van der Waals surface area contributed by atoms with Gasteiger partial charge in [-0.2, -0.15) is 0 Å². The van der Waals surface area contributed by atoms with Crippen LogP contribution < -0.4 is 11.1 Å². The number of hydrogen-bond donors (Lipinski definition) is 2. The van der Waals surface area contributed by atoms with Gasteiger partial charge in [-0.25, -0.2) is 8.78 Å². The minimum Gasteiger partial charge on any atom is -0.368 e. The second-order valence-corrected chi connectivity index (χ2v) is 5.21. The lowest BCUT2D eigenvalue weighted by Crippen LogP contribution is -2.45. The summed E-state index contributed by atoms with van der Waals surface area (Å²) in [6.07, 6.45) is -0.0309. The third-order valence-electron chi connectivity index (χ3n) is 3.36. The maximum absolute atomic E-state index is 13.2. The van der Waals surface area contributed by atoms with E-state index in [-0.39, 0.29) is 17.7 Å². The summed E-state index contributed by atoms with van der Waals surface area (Å²) in [6, 6.07) is 6.43. The van der Waals surface area contributed by atoms with Crippen LogP contribution in [-0.4, -0.2) is 22.8 Å². The molecule has 0 aliphatic rings. The molecule has 9 heteroatoms. The molecule has 0 bridgehead atoms. The quantitative estimate of drug-likeness (QED) is 0.610. The van der Waals surface area contributed by atoms with Crippen LogP contribution in [0.15, 0.2) is 42.5 Å². The standard InChI is InChI=1S/C16H13F2N3O4/c17-11-6-10(7-12(18)8-11)16(23)20-14(15(19)22)5-9-1-3-13(4-2-9)21(24)25/h1-4,6-8,14H,5H2,(H2,19,22)(H,20,23)/t14-/m1/s1. The largest absolute Gasteiger partial charge is 0.368 e. The fraction of sp³-hybridized carbons (Fsp3) is 0.125. The van der Waals surface area contributed by atoms with E-state index in [1.54, 1.807) is 0 Å². The molecule has 2 aromatic carbocycles. The van der Waals surface area contributed by atoms with Gasteiger partial charge in [0.05, 0.1) is 4.92 Å². The van der Waals surface area contributed by atoms with Crippen molar-refractivity contribution in [3.05, 3.63) is 75.3 Å². The number of halogens is 2. The molecule has 0 heterocycles. The highest BCUT2D eigenvalue weighted by molar-refractivity contribution is 5.97. The van der Waals surface area contributed by atoms with Crippen LogP contribution in [0.1, 0.15) is 15.9 Å². The topological polar surface area (TPSA) is 115 Å². The fourth-order valence-corrected chi connectivity index (χ4v) is 2.14. The molecule has 0 aliphatic carbocycles. The SMILES string of the molecule is NC(=O)[C@@H](Cc1ccc([N+](=O)[O-])cc1)NC(=O)c1cc(F)cc(F)c1. The lowest BCUT2D eigenvalue weighted by molar-refractivity contribution is -0.384. The van der Waals surface area contributed by atoms with Gasteiger partial charge in [-0.3, -0.25) is 19.7 Å². The number of non-ortho nitro benzene ring substituents is 1. The Morgan fingerprint density at radius 1 is 1.12 bits per heavy atom. The fourth-order valence-electron chi connectivity index (χ4n) is 2.14. The van der Waals surface area contributed by atoms with Gasteiger partial charge < -0.3 is 11.1 Å². The highest BCUT2D eigenvalue weighted by atomic mass is 19.1. The molecule has 0 saturated heterocycles. The van der Waals surface area contributed by atoms with Crippen LogP contribution >= 0.6 is 0 Å². The Morgan fingerprint density at radius 2 is 1.68 bits per heavy atom. The second-order valence-electron chi connectivity index (χ2n) is 5.21. The van der Waals surface area contributed by atoms with Gasteiger partial charge in [-0.05, 0) is 17.7 Å². The number of carbonyl (C=O) groups excluding carboxylic acids is 2. The van der Waals surface area contributed by atoms with E-state index in [9.17, 15) is 28.5 Å². The zero-order valence-corrected chi connectivity index (χ0v) is 12.7. The maximum Gasteiger partial charge on any atom is 0.269 e. The zero-order valence-electron chi connectivity index (χ0n) is 12.7. The second kappa shape index (κ2) is 7.47. The number of hydrogen-bond acceptors (Lipinski definition) is 4. The number of nitrogens with zero attached hydrogens (tertiary/aromatic N) is 1. The first-order chi connectivity index (χ1) is 11.8. The molecule has 2 amide bonds. The predicted molar refractivity (Wildman–Crippen MR) is 83.6 cm³/mol. The number of nitro benzene ring substituents is 1. The Bertz CT molecular complexity index is 804. The molecule has 2 rings (SSSR count). The number of rotatable bonds is 6. The van der Waals surface area contributed by atoms with E-state index in [1.165, 1.54) is 24.3 Å². The van der Waals surface area contributed by atoms with E-state index >= 15 is 0 Å². The van der Waals surface area contributed by atoms with Crippen molar-refractivity contribution in [1.29, 1.82) is 0 Å². The number of primary amides is 1. The first-order valence-corrected chi connectivity index (χ1v) is 7.06. The van der Waals surface area contributed by atoms with Gasteiger partial charge in [0, 0.05) is 30.2 Å².